The highest BCUT2D eigenvalue weighted by molar-refractivity contribution is 5.81. The average Bonchev–Trinajstić information content (AvgIpc) is 2.67. The fourth-order valence-electron chi connectivity index (χ4n) is 2.20. The van der Waals surface area contributed by atoms with Crippen LogP contribution in [0.4, 0.5) is 0 Å². The van der Waals surface area contributed by atoms with Crippen molar-refractivity contribution in [2.45, 2.75) is 12.5 Å². The van der Waals surface area contributed by atoms with Crippen molar-refractivity contribution < 1.29 is 9.47 Å². The Morgan fingerprint density at radius 2 is 2.06 bits per heavy atom. The maximum absolute atomic E-state index is 5.86. The van der Waals surface area contributed by atoms with Crippen LogP contribution in [0.15, 0.2) is 23.2 Å². The number of benzene rings is 1. The highest BCUT2D eigenvalue weighted by Crippen LogP contribution is 2.38. The Labute approximate surface area is 107 Å². The van der Waals surface area contributed by atoms with Crippen molar-refractivity contribution in [2.24, 2.45) is 10.7 Å². The molecular formula is C13H19N3O2. The van der Waals surface area contributed by atoms with E-state index in [1.165, 1.54) is 0 Å². The van der Waals surface area contributed by atoms with Gasteiger partial charge < -0.3 is 20.1 Å². The van der Waals surface area contributed by atoms with Crippen LogP contribution in [0.1, 0.15) is 12.5 Å². The van der Waals surface area contributed by atoms with Gasteiger partial charge >= 0.3 is 0 Å². The number of guanidine groups is 1. The molecular weight excluding hydrogens is 230 g/mol. The first-order valence-corrected chi connectivity index (χ1v) is 5.79. The molecule has 18 heavy (non-hydrogen) atoms. The minimum atomic E-state index is -0.302. The molecule has 1 aliphatic heterocycles. The van der Waals surface area contributed by atoms with Gasteiger partial charge in [0.1, 0.15) is 11.5 Å². The Morgan fingerprint density at radius 3 is 2.56 bits per heavy atom. The molecule has 0 fully saturated rings. The van der Waals surface area contributed by atoms with E-state index in [-0.39, 0.29) is 5.54 Å². The smallest absolute Gasteiger partial charge is 0.191 e. The first kappa shape index (κ1) is 12.5. The van der Waals surface area contributed by atoms with Crippen LogP contribution in [-0.2, 0) is 5.54 Å². The molecule has 0 radical (unpaired) electrons. The molecule has 0 amide bonds. The molecule has 1 aromatic rings. The zero-order valence-electron chi connectivity index (χ0n) is 11.2. The summed E-state index contributed by atoms with van der Waals surface area (Å²) in [6, 6.07) is 5.76. The predicted molar refractivity (Wildman–Crippen MR) is 71.2 cm³/mol. The number of hydrogen-bond donors (Lipinski definition) is 1. The van der Waals surface area contributed by atoms with Gasteiger partial charge in [0.05, 0.1) is 26.3 Å². The van der Waals surface area contributed by atoms with Gasteiger partial charge in [0.2, 0.25) is 0 Å². The molecule has 1 aromatic carbocycles. The standard InChI is InChI=1S/C13H19N3O2/c1-13(8-15-12(14)16(13)2)10-7-9(17-3)5-6-11(10)18-4/h5-7H,8H2,1-4H3,(H2,14,15). The second kappa shape index (κ2) is 4.40. The largest absolute Gasteiger partial charge is 0.497 e. The number of methoxy groups -OCH3 is 2. The third-order valence-electron chi connectivity index (χ3n) is 3.62. The molecule has 5 nitrogen and oxygen atoms in total. The topological polar surface area (TPSA) is 60.1 Å². The van der Waals surface area contributed by atoms with Crippen molar-refractivity contribution in [1.29, 1.82) is 0 Å². The van der Waals surface area contributed by atoms with Crippen LogP contribution < -0.4 is 15.2 Å². The van der Waals surface area contributed by atoms with Gasteiger partial charge in [0, 0.05) is 12.6 Å². The lowest BCUT2D eigenvalue weighted by molar-refractivity contribution is 0.255. The average molecular weight is 249 g/mol. The maximum Gasteiger partial charge on any atom is 0.191 e. The number of nitrogens with zero attached hydrogens (tertiary/aromatic N) is 2. The van der Waals surface area contributed by atoms with Crippen LogP contribution in [0, 0.1) is 0 Å². The van der Waals surface area contributed by atoms with Crippen molar-refractivity contribution in [3.8, 4) is 11.5 Å². The van der Waals surface area contributed by atoms with Gasteiger partial charge in [-0.05, 0) is 25.1 Å². The van der Waals surface area contributed by atoms with E-state index in [9.17, 15) is 0 Å². The molecule has 1 atom stereocenters. The molecule has 1 heterocycles. The lowest BCUT2D eigenvalue weighted by atomic mass is 9.90. The fraction of sp³-hybridized carbons (Fsp3) is 0.462. The van der Waals surface area contributed by atoms with Gasteiger partial charge in [-0.25, -0.2) is 0 Å². The van der Waals surface area contributed by atoms with E-state index in [4.69, 9.17) is 15.2 Å². The van der Waals surface area contributed by atoms with E-state index in [0.29, 0.717) is 12.5 Å². The van der Waals surface area contributed by atoms with Crippen LogP contribution in [0.2, 0.25) is 0 Å². The molecule has 0 spiro atoms. The molecule has 0 aromatic heterocycles. The minimum Gasteiger partial charge on any atom is -0.497 e. The number of rotatable bonds is 3. The predicted octanol–water partition coefficient (Wildman–Crippen LogP) is 1.18. The summed E-state index contributed by atoms with van der Waals surface area (Å²) >= 11 is 0. The minimum absolute atomic E-state index is 0.302. The van der Waals surface area contributed by atoms with E-state index in [1.807, 2.05) is 30.1 Å². The fourth-order valence-corrected chi connectivity index (χ4v) is 2.20. The van der Waals surface area contributed by atoms with Crippen molar-refractivity contribution in [1.82, 2.24) is 4.90 Å². The van der Waals surface area contributed by atoms with E-state index in [2.05, 4.69) is 11.9 Å². The molecule has 5 heteroatoms. The van der Waals surface area contributed by atoms with Crippen LogP contribution in [0.25, 0.3) is 0 Å². The molecule has 0 bridgehead atoms. The summed E-state index contributed by atoms with van der Waals surface area (Å²) in [5.74, 6) is 2.16. The normalized spacial score (nSPS) is 22.9. The molecule has 1 aliphatic rings. The molecule has 2 N–H and O–H groups in total. The molecule has 0 aliphatic carbocycles. The maximum atomic E-state index is 5.86. The first-order valence-electron chi connectivity index (χ1n) is 5.79. The summed E-state index contributed by atoms with van der Waals surface area (Å²) in [7, 11) is 5.25. The van der Waals surface area contributed by atoms with Gasteiger partial charge in [-0.1, -0.05) is 0 Å². The first-order chi connectivity index (χ1) is 8.52. The van der Waals surface area contributed by atoms with Crippen LogP contribution in [0.3, 0.4) is 0 Å². The Balaban J connectivity index is 2.50. The third-order valence-corrected chi connectivity index (χ3v) is 3.62. The Hall–Kier alpha value is -1.91. The Bertz CT molecular complexity index is 487. The molecule has 1 unspecified atom stereocenters. The second-order valence-corrected chi connectivity index (χ2v) is 4.57. The van der Waals surface area contributed by atoms with Crippen LogP contribution in [-0.4, -0.2) is 38.7 Å². The van der Waals surface area contributed by atoms with Crippen molar-refractivity contribution in [3.05, 3.63) is 23.8 Å². The van der Waals surface area contributed by atoms with Crippen molar-refractivity contribution >= 4 is 5.96 Å². The SMILES string of the molecule is COc1ccc(OC)c(C2(C)CN=C(N)N2C)c1. The van der Waals surface area contributed by atoms with Crippen molar-refractivity contribution in [3.63, 3.8) is 0 Å². The lowest BCUT2D eigenvalue weighted by Gasteiger charge is -2.34. The molecule has 2 rings (SSSR count). The van der Waals surface area contributed by atoms with Gasteiger partial charge in [-0.2, -0.15) is 0 Å². The second-order valence-electron chi connectivity index (χ2n) is 4.57. The number of ether oxygens (including phenoxy) is 2. The quantitative estimate of drug-likeness (QED) is 0.874. The zero-order chi connectivity index (χ0) is 13.3. The van der Waals surface area contributed by atoms with Gasteiger partial charge in [0.15, 0.2) is 5.96 Å². The van der Waals surface area contributed by atoms with Crippen LogP contribution >= 0.6 is 0 Å². The summed E-state index contributed by atoms with van der Waals surface area (Å²) < 4.78 is 10.7. The van der Waals surface area contributed by atoms with Crippen LogP contribution in [0.5, 0.6) is 11.5 Å². The monoisotopic (exact) mass is 249 g/mol. The Kier molecular flexibility index (Phi) is 3.07. The molecule has 98 valence electrons. The van der Waals surface area contributed by atoms with E-state index in [1.54, 1.807) is 14.2 Å². The van der Waals surface area contributed by atoms with Crippen molar-refractivity contribution in [2.75, 3.05) is 27.8 Å². The van der Waals surface area contributed by atoms with Gasteiger partial charge in [0.25, 0.3) is 0 Å². The van der Waals surface area contributed by atoms with E-state index in [0.717, 1.165) is 17.1 Å². The third kappa shape index (κ3) is 1.75. The zero-order valence-corrected chi connectivity index (χ0v) is 11.2. The lowest BCUT2D eigenvalue weighted by Crippen LogP contribution is -2.44. The number of aliphatic imine (C=N–C) groups is 1. The summed E-state index contributed by atoms with van der Waals surface area (Å²) in [4.78, 5) is 6.26. The highest BCUT2D eigenvalue weighted by atomic mass is 16.5. The highest BCUT2D eigenvalue weighted by Gasteiger charge is 2.39. The molecule has 0 saturated heterocycles. The number of nitrogens with two attached hydrogens (primary N) is 1. The summed E-state index contributed by atoms with van der Waals surface area (Å²) in [5, 5.41) is 0. The van der Waals surface area contributed by atoms with Gasteiger partial charge in [-0.15, -0.1) is 0 Å². The summed E-state index contributed by atoms with van der Waals surface area (Å²) in [6.45, 7) is 2.70. The summed E-state index contributed by atoms with van der Waals surface area (Å²) in [5.41, 5.74) is 6.58. The molecule has 0 saturated carbocycles. The van der Waals surface area contributed by atoms with Gasteiger partial charge in [-0.3, -0.25) is 4.99 Å². The Morgan fingerprint density at radius 1 is 1.33 bits per heavy atom. The van der Waals surface area contributed by atoms with E-state index < -0.39 is 0 Å². The summed E-state index contributed by atoms with van der Waals surface area (Å²) in [6.07, 6.45) is 0. The van der Waals surface area contributed by atoms with E-state index >= 15 is 0 Å². The number of hydrogen-bond acceptors (Lipinski definition) is 5. The number of likely N-dealkylation sites (N-methyl/N-ethyl adjacent to an activating group) is 1.